The van der Waals surface area contributed by atoms with Gasteiger partial charge in [0.25, 0.3) is 0 Å². The SMILES string of the molecule is CCCC[C@H](NC(C)CCC1CCCC1)C(=O)O. The van der Waals surface area contributed by atoms with Crippen LogP contribution in [0.2, 0.25) is 0 Å². The number of nitrogens with one attached hydrogen (secondary N) is 1. The van der Waals surface area contributed by atoms with Crippen molar-refractivity contribution >= 4 is 5.97 Å². The van der Waals surface area contributed by atoms with Crippen molar-refractivity contribution in [2.45, 2.75) is 83.7 Å². The lowest BCUT2D eigenvalue weighted by Crippen LogP contribution is -2.42. The lowest BCUT2D eigenvalue weighted by molar-refractivity contribution is -0.139. The molecule has 1 saturated carbocycles. The lowest BCUT2D eigenvalue weighted by atomic mass is 9.98. The third kappa shape index (κ3) is 5.85. The Kier molecular flexibility index (Phi) is 7.33. The maximum absolute atomic E-state index is 11.1. The highest BCUT2D eigenvalue weighted by Gasteiger charge is 2.20. The molecule has 0 amide bonds. The Labute approximate surface area is 111 Å². The van der Waals surface area contributed by atoms with Gasteiger partial charge < -0.3 is 10.4 Å². The monoisotopic (exact) mass is 255 g/mol. The fraction of sp³-hybridized carbons (Fsp3) is 0.933. The third-order valence-corrected chi connectivity index (χ3v) is 4.11. The van der Waals surface area contributed by atoms with E-state index in [1.807, 2.05) is 0 Å². The number of carboxylic acids is 1. The van der Waals surface area contributed by atoms with Gasteiger partial charge in [-0.05, 0) is 32.1 Å². The predicted octanol–water partition coefficient (Wildman–Crippen LogP) is 3.58. The molecule has 1 aliphatic carbocycles. The Bertz CT molecular complexity index is 237. The van der Waals surface area contributed by atoms with E-state index in [9.17, 15) is 4.79 Å². The molecular weight excluding hydrogens is 226 g/mol. The summed E-state index contributed by atoms with van der Waals surface area (Å²) in [5.41, 5.74) is 0. The van der Waals surface area contributed by atoms with Crippen LogP contribution in [0.15, 0.2) is 0 Å². The van der Waals surface area contributed by atoms with Crippen molar-refractivity contribution in [1.29, 1.82) is 0 Å². The van der Waals surface area contributed by atoms with Gasteiger partial charge in [-0.25, -0.2) is 0 Å². The van der Waals surface area contributed by atoms with Crippen molar-refractivity contribution in [2.24, 2.45) is 5.92 Å². The van der Waals surface area contributed by atoms with Crippen LogP contribution in [-0.4, -0.2) is 23.2 Å². The average molecular weight is 255 g/mol. The summed E-state index contributed by atoms with van der Waals surface area (Å²) < 4.78 is 0. The van der Waals surface area contributed by atoms with Crippen molar-refractivity contribution in [2.75, 3.05) is 0 Å². The van der Waals surface area contributed by atoms with E-state index >= 15 is 0 Å². The summed E-state index contributed by atoms with van der Waals surface area (Å²) in [5.74, 6) is 0.198. The molecule has 0 heterocycles. The number of unbranched alkanes of at least 4 members (excludes halogenated alkanes) is 1. The van der Waals surface area contributed by atoms with Gasteiger partial charge in [-0.15, -0.1) is 0 Å². The number of rotatable bonds is 9. The molecule has 0 saturated heterocycles. The first-order chi connectivity index (χ1) is 8.63. The van der Waals surface area contributed by atoms with Crippen LogP contribution < -0.4 is 5.32 Å². The maximum Gasteiger partial charge on any atom is 0.320 e. The predicted molar refractivity (Wildman–Crippen MR) is 74.7 cm³/mol. The molecule has 0 aromatic carbocycles. The molecule has 1 aliphatic rings. The normalized spacial score (nSPS) is 19.9. The largest absolute Gasteiger partial charge is 0.480 e. The minimum Gasteiger partial charge on any atom is -0.480 e. The highest BCUT2D eigenvalue weighted by molar-refractivity contribution is 5.73. The molecule has 1 fully saturated rings. The van der Waals surface area contributed by atoms with Crippen LogP contribution >= 0.6 is 0 Å². The summed E-state index contributed by atoms with van der Waals surface area (Å²) in [6.07, 6.45) is 10.7. The minimum absolute atomic E-state index is 0.323. The molecule has 0 spiro atoms. The Morgan fingerprint density at radius 2 is 2.00 bits per heavy atom. The van der Waals surface area contributed by atoms with Crippen LogP contribution in [-0.2, 0) is 4.79 Å². The standard InChI is InChI=1S/C15H29NO2/c1-3-4-9-14(15(17)18)16-12(2)10-11-13-7-5-6-8-13/h12-14,16H,3-11H2,1-2H3,(H,17,18)/t12?,14-/m0/s1. The van der Waals surface area contributed by atoms with Crippen molar-refractivity contribution in [3.05, 3.63) is 0 Å². The first kappa shape index (κ1) is 15.5. The fourth-order valence-electron chi connectivity index (χ4n) is 2.90. The maximum atomic E-state index is 11.1. The Hall–Kier alpha value is -0.570. The molecule has 0 radical (unpaired) electrons. The van der Waals surface area contributed by atoms with E-state index in [4.69, 9.17) is 5.11 Å². The topological polar surface area (TPSA) is 49.3 Å². The molecule has 1 rings (SSSR count). The quantitative estimate of drug-likeness (QED) is 0.662. The molecule has 0 aromatic rings. The van der Waals surface area contributed by atoms with Crippen LogP contribution in [0.3, 0.4) is 0 Å². The van der Waals surface area contributed by atoms with Crippen molar-refractivity contribution in [1.82, 2.24) is 5.32 Å². The zero-order chi connectivity index (χ0) is 13.4. The van der Waals surface area contributed by atoms with Crippen LogP contribution in [0.25, 0.3) is 0 Å². The fourth-order valence-corrected chi connectivity index (χ4v) is 2.90. The van der Waals surface area contributed by atoms with E-state index in [1.165, 1.54) is 32.1 Å². The van der Waals surface area contributed by atoms with E-state index < -0.39 is 5.97 Å². The van der Waals surface area contributed by atoms with Crippen LogP contribution in [0.5, 0.6) is 0 Å². The molecule has 3 nitrogen and oxygen atoms in total. The third-order valence-electron chi connectivity index (χ3n) is 4.11. The lowest BCUT2D eigenvalue weighted by Gasteiger charge is -2.21. The van der Waals surface area contributed by atoms with Crippen molar-refractivity contribution < 1.29 is 9.90 Å². The summed E-state index contributed by atoms with van der Waals surface area (Å²) >= 11 is 0. The van der Waals surface area contributed by atoms with E-state index in [0.717, 1.165) is 31.6 Å². The van der Waals surface area contributed by atoms with Crippen LogP contribution in [0.1, 0.15) is 71.6 Å². The van der Waals surface area contributed by atoms with Gasteiger partial charge in [-0.2, -0.15) is 0 Å². The summed E-state index contributed by atoms with van der Waals surface area (Å²) in [5, 5.41) is 12.4. The van der Waals surface area contributed by atoms with Gasteiger partial charge >= 0.3 is 5.97 Å². The van der Waals surface area contributed by atoms with E-state index in [2.05, 4.69) is 19.2 Å². The van der Waals surface area contributed by atoms with E-state index in [0.29, 0.717) is 6.04 Å². The van der Waals surface area contributed by atoms with Gasteiger partial charge in [0, 0.05) is 6.04 Å². The molecule has 2 atom stereocenters. The Balaban J connectivity index is 2.22. The highest BCUT2D eigenvalue weighted by atomic mass is 16.4. The molecule has 1 unspecified atom stereocenters. The average Bonchev–Trinajstić information content (AvgIpc) is 2.84. The minimum atomic E-state index is -0.698. The van der Waals surface area contributed by atoms with E-state index in [-0.39, 0.29) is 6.04 Å². The first-order valence-electron chi connectivity index (χ1n) is 7.62. The molecular formula is C15H29NO2. The van der Waals surface area contributed by atoms with Gasteiger partial charge in [0.15, 0.2) is 0 Å². The number of hydrogen-bond donors (Lipinski definition) is 2. The zero-order valence-corrected chi connectivity index (χ0v) is 12.0. The van der Waals surface area contributed by atoms with Gasteiger partial charge in [0.1, 0.15) is 6.04 Å². The smallest absolute Gasteiger partial charge is 0.320 e. The van der Waals surface area contributed by atoms with Gasteiger partial charge in [-0.1, -0.05) is 45.4 Å². The molecule has 0 aliphatic heterocycles. The van der Waals surface area contributed by atoms with Crippen molar-refractivity contribution in [3.8, 4) is 0 Å². The van der Waals surface area contributed by atoms with Gasteiger partial charge in [0.05, 0.1) is 0 Å². The Morgan fingerprint density at radius 1 is 1.33 bits per heavy atom. The molecule has 106 valence electrons. The second kappa shape index (κ2) is 8.52. The molecule has 0 bridgehead atoms. The summed E-state index contributed by atoms with van der Waals surface area (Å²) in [6, 6.07) is -0.0351. The summed E-state index contributed by atoms with van der Waals surface area (Å²) in [6.45, 7) is 4.22. The molecule has 0 aromatic heterocycles. The molecule has 3 heteroatoms. The van der Waals surface area contributed by atoms with Gasteiger partial charge in [-0.3, -0.25) is 4.79 Å². The second-order valence-electron chi connectivity index (χ2n) is 5.83. The second-order valence-corrected chi connectivity index (χ2v) is 5.83. The Morgan fingerprint density at radius 3 is 2.56 bits per heavy atom. The summed E-state index contributed by atoms with van der Waals surface area (Å²) in [7, 11) is 0. The molecule has 18 heavy (non-hydrogen) atoms. The number of carboxylic acid groups (broad SMARTS) is 1. The van der Waals surface area contributed by atoms with Crippen LogP contribution in [0, 0.1) is 5.92 Å². The number of hydrogen-bond acceptors (Lipinski definition) is 2. The van der Waals surface area contributed by atoms with Gasteiger partial charge in [0.2, 0.25) is 0 Å². The van der Waals surface area contributed by atoms with Crippen molar-refractivity contribution in [3.63, 3.8) is 0 Å². The number of carbonyl (C=O) groups is 1. The van der Waals surface area contributed by atoms with Crippen LogP contribution in [0.4, 0.5) is 0 Å². The summed E-state index contributed by atoms with van der Waals surface area (Å²) in [4.78, 5) is 11.1. The molecule has 2 N–H and O–H groups in total. The van der Waals surface area contributed by atoms with E-state index in [1.54, 1.807) is 0 Å². The zero-order valence-electron chi connectivity index (χ0n) is 12.0. The first-order valence-corrected chi connectivity index (χ1v) is 7.62. The number of aliphatic carboxylic acids is 1. The highest BCUT2D eigenvalue weighted by Crippen LogP contribution is 2.28.